The third-order valence-corrected chi connectivity index (χ3v) is 8.01. The van der Waals surface area contributed by atoms with E-state index in [0.717, 1.165) is 0 Å². The number of hydrogen-bond donors (Lipinski definition) is 9. The van der Waals surface area contributed by atoms with Crippen LogP contribution in [0.3, 0.4) is 0 Å². The fraction of sp³-hybridized carbons (Fsp3) is 0.481. The monoisotopic (exact) mass is 547 g/mol. The van der Waals surface area contributed by atoms with E-state index in [9.17, 15) is 40.9 Å². The SMILES string of the molecule is COc1cccc2c(O)c3c(O)c4c(c(O)c3c(O)c12)[C@@H](O[C@H]1C[C@H](N)[C@H](O)[C@H](C)O1)C[C@](O)(C(O)CO)C4. The van der Waals surface area contributed by atoms with E-state index in [2.05, 4.69) is 0 Å². The van der Waals surface area contributed by atoms with Crippen molar-refractivity contribution in [1.82, 2.24) is 0 Å². The van der Waals surface area contributed by atoms with E-state index < -0.39 is 78.4 Å². The van der Waals surface area contributed by atoms with Crippen LogP contribution in [-0.4, -0.2) is 90.8 Å². The molecule has 1 saturated heterocycles. The van der Waals surface area contributed by atoms with Crippen LogP contribution in [0, 0.1) is 0 Å². The maximum Gasteiger partial charge on any atom is 0.160 e. The van der Waals surface area contributed by atoms with Gasteiger partial charge in [-0.25, -0.2) is 0 Å². The van der Waals surface area contributed by atoms with Crippen LogP contribution in [0.4, 0.5) is 0 Å². The number of fused-ring (bicyclic) bond motifs is 3. The van der Waals surface area contributed by atoms with E-state index >= 15 is 0 Å². The maximum atomic E-state index is 11.6. The summed E-state index contributed by atoms with van der Waals surface area (Å²) in [6.07, 6.45) is -6.21. The van der Waals surface area contributed by atoms with Crippen molar-refractivity contribution in [1.29, 1.82) is 0 Å². The van der Waals surface area contributed by atoms with Crippen molar-refractivity contribution < 1.29 is 55.1 Å². The molecular formula is C27H33NO11. The van der Waals surface area contributed by atoms with Crippen molar-refractivity contribution in [2.75, 3.05) is 13.7 Å². The van der Waals surface area contributed by atoms with Gasteiger partial charge in [-0.1, -0.05) is 12.1 Å². The van der Waals surface area contributed by atoms with E-state index in [4.69, 9.17) is 19.9 Å². The van der Waals surface area contributed by atoms with Crippen molar-refractivity contribution in [2.45, 2.75) is 68.5 Å². The summed E-state index contributed by atoms with van der Waals surface area (Å²) >= 11 is 0. The Morgan fingerprint density at radius 1 is 1.08 bits per heavy atom. The lowest BCUT2D eigenvalue weighted by molar-refractivity contribution is -0.251. The van der Waals surface area contributed by atoms with Gasteiger partial charge in [0.2, 0.25) is 0 Å². The fourth-order valence-electron chi connectivity index (χ4n) is 5.88. The topological polar surface area (TPSA) is 216 Å². The molecule has 39 heavy (non-hydrogen) atoms. The maximum absolute atomic E-state index is 11.6. The normalized spacial score (nSPS) is 29.9. The molecule has 2 aliphatic rings. The number of aromatic hydroxyl groups is 4. The van der Waals surface area contributed by atoms with Crippen molar-refractivity contribution in [3.8, 4) is 28.7 Å². The van der Waals surface area contributed by atoms with E-state index in [1.165, 1.54) is 13.2 Å². The first-order valence-corrected chi connectivity index (χ1v) is 12.6. The Morgan fingerprint density at radius 2 is 1.77 bits per heavy atom. The van der Waals surface area contributed by atoms with Gasteiger partial charge < -0.3 is 60.8 Å². The molecular weight excluding hydrogens is 514 g/mol. The number of aliphatic hydroxyl groups is 4. The lowest BCUT2D eigenvalue weighted by Crippen LogP contribution is -2.53. The minimum Gasteiger partial charge on any atom is -0.507 e. The minimum atomic E-state index is -2.01. The number of methoxy groups -OCH3 is 1. The highest BCUT2D eigenvalue weighted by Crippen LogP contribution is 2.57. The molecule has 10 N–H and O–H groups in total. The summed E-state index contributed by atoms with van der Waals surface area (Å²) in [6, 6.07) is 3.94. The Labute approximate surface area is 223 Å². The molecule has 3 aromatic rings. The zero-order valence-corrected chi connectivity index (χ0v) is 21.4. The number of rotatable bonds is 5. The van der Waals surface area contributed by atoms with Crippen LogP contribution in [0.25, 0.3) is 21.5 Å². The summed E-state index contributed by atoms with van der Waals surface area (Å²) in [5.74, 6) is -1.79. The third kappa shape index (κ3) is 4.19. The molecule has 7 atom stereocenters. The van der Waals surface area contributed by atoms with Gasteiger partial charge >= 0.3 is 0 Å². The van der Waals surface area contributed by atoms with Crippen molar-refractivity contribution in [3.63, 3.8) is 0 Å². The highest BCUT2D eigenvalue weighted by atomic mass is 16.7. The first-order valence-electron chi connectivity index (χ1n) is 12.6. The smallest absolute Gasteiger partial charge is 0.160 e. The molecule has 1 unspecified atom stereocenters. The molecule has 0 spiro atoms. The number of benzene rings is 3. The van der Waals surface area contributed by atoms with E-state index in [-0.39, 0.29) is 51.3 Å². The summed E-state index contributed by atoms with van der Waals surface area (Å²) in [5, 5.41) is 86.8. The Balaban J connectivity index is 1.76. The van der Waals surface area contributed by atoms with Crippen LogP contribution < -0.4 is 10.5 Å². The standard InChI is InChI=1S/C27H33NO11/c1-10-22(31)13(28)6-17(38-10)39-15-8-27(36,16(30)9-29)7-12-19(15)26(35)21-20(24(12)33)23(32)11-4-3-5-14(37-2)18(11)25(21)34/h3-5,10,13,15-17,22,29-36H,6-9,28H2,1-2H3/t10-,13-,15-,16?,17-,22+,27-/m0/s1. The van der Waals surface area contributed by atoms with Crippen molar-refractivity contribution in [3.05, 3.63) is 29.3 Å². The summed E-state index contributed by atoms with van der Waals surface area (Å²) < 4.78 is 17.2. The Morgan fingerprint density at radius 3 is 2.41 bits per heavy atom. The van der Waals surface area contributed by atoms with Gasteiger partial charge in [0.1, 0.15) is 34.9 Å². The molecule has 212 valence electrons. The van der Waals surface area contributed by atoms with Crippen LogP contribution >= 0.6 is 0 Å². The molecule has 3 aromatic carbocycles. The highest BCUT2D eigenvalue weighted by Gasteiger charge is 2.48. The average Bonchev–Trinajstić information content (AvgIpc) is 2.90. The van der Waals surface area contributed by atoms with Crippen LogP contribution in [0.1, 0.15) is 37.0 Å². The van der Waals surface area contributed by atoms with Gasteiger partial charge in [0, 0.05) is 41.8 Å². The number of phenolic OH excluding ortho intramolecular Hbond substituents is 4. The zero-order valence-electron chi connectivity index (χ0n) is 21.4. The van der Waals surface area contributed by atoms with Gasteiger partial charge in [0.15, 0.2) is 6.29 Å². The molecule has 0 aromatic heterocycles. The number of nitrogens with two attached hydrogens (primary N) is 1. The molecule has 0 amide bonds. The molecule has 1 heterocycles. The largest absolute Gasteiger partial charge is 0.507 e. The lowest BCUT2D eigenvalue weighted by atomic mass is 9.74. The minimum absolute atomic E-state index is 0.00490. The van der Waals surface area contributed by atoms with E-state index in [1.54, 1.807) is 19.1 Å². The Kier molecular flexibility index (Phi) is 6.92. The summed E-state index contributed by atoms with van der Waals surface area (Å²) in [7, 11) is 1.38. The molecule has 1 aliphatic carbocycles. The van der Waals surface area contributed by atoms with Gasteiger partial charge in [0.05, 0.1) is 53.8 Å². The number of aliphatic hydroxyl groups excluding tert-OH is 3. The molecule has 12 heteroatoms. The van der Waals surface area contributed by atoms with Crippen LogP contribution in [-0.2, 0) is 15.9 Å². The Hall–Kier alpha value is -3.10. The van der Waals surface area contributed by atoms with Crippen LogP contribution in [0.2, 0.25) is 0 Å². The second-order valence-corrected chi connectivity index (χ2v) is 10.4. The van der Waals surface area contributed by atoms with Crippen LogP contribution in [0.15, 0.2) is 18.2 Å². The van der Waals surface area contributed by atoms with Gasteiger partial charge in [-0.05, 0) is 13.0 Å². The molecule has 5 rings (SSSR count). The predicted octanol–water partition coefficient (Wildman–Crippen LogP) is 0.735. The van der Waals surface area contributed by atoms with Gasteiger partial charge in [-0.2, -0.15) is 0 Å². The molecule has 0 saturated carbocycles. The fourth-order valence-corrected chi connectivity index (χ4v) is 5.88. The Bertz CT molecular complexity index is 1420. The van der Waals surface area contributed by atoms with Crippen LogP contribution in [0.5, 0.6) is 28.7 Å². The second-order valence-electron chi connectivity index (χ2n) is 10.4. The number of ether oxygens (including phenoxy) is 3. The molecule has 12 nitrogen and oxygen atoms in total. The van der Waals surface area contributed by atoms with Gasteiger partial charge in [0.25, 0.3) is 0 Å². The second kappa shape index (κ2) is 9.82. The van der Waals surface area contributed by atoms with E-state index in [0.29, 0.717) is 0 Å². The molecule has 1 fully saturated rings. The van der Waals surface area contributed by atoms with Gasteiger partial charge in [-0.3, -0.25) is 0 Å². The van der Waals surface area contributed by atoms with Crippen molar-refractivity contribution in [2.24, 2.45) is 5.73 Å². The zero-order chi connectivity index (χ0) is 28.4. The van der Waals surface area contributed by atoms with Crippen molar-refractivity contribution >= 4 is 21.5 Å². The molecule has 0 radical (unpaired) electrons. The summed E-state index contributed by atoms with van der Waals surface area (Å²) in [4.78, 5) is 0. The third-order valence-electron chi connectivity index (χ3n) is 8.01. The van der Waals surface area contributed by atoms with Gasteiger partial charge in [-0.15, -0.1) is 0 Å². The lowest BCUT2D eigenvalue weighted by Gasteiger charge is -2.43. The molecule has 1 aliphatic heterocycles. The first kappa shape index (κ1) is 27.5. The number of phenols is 4. The quantitative estimate of drug-likeness (QED) is 0.160. The summed E-state index contributed by atoms with van der Waals surface area (Å²) in [5.41, 5.74) is 3.96. The highest BCUT2D eigenvalue weighted by molar-refractivity contribution is 6.17. The van der Waals surface area contributed by atoms with E-state index in [1.807, 2.05) is 0 Å². The number of hydrogen-bond acceptors (Lipinski definition) is 12. The average molecular weight is 548 g/mol. The summed E-state index contributed by atoms with van der Waals surface area (Å²) in [6.45, 7) is 0.806. The predicted molar refractivity (Wildman–Crippen MR) is 138 cm³/mol. The first-order chi connectivity index (χ1) is 18.4. The molecule has 0 bridgehead atoms.